The Labute approximate surface area is 164 Å². The molecule has 1 aromatic heterocycles. The number of benzene rings is 2. The number of hydrogen-bond acceptors (Lipinski definition) is 3. The number of rotatable bonds is 4. The quantitative estimate of drug-likeness (QED) is 0.641. The van der Waals surface area contributed by atoms with Gasteiger partial charge in [0, 0.05) is 31.0 Å². The molecule has 1 unspecified atom stereocenters. The van der Waals surface area contributed by atoms with Crippen LogP contribution in [0.3, 0.4) is 0 Å². The smallest absolute Gasteiger partial charge is 0.118 e. The zero-order chi connectivity index (χ0) is 18.4. The first-order valence-corrected chi connectivity index (χ1v) is 9.73. The van der Waals surface area contributed by atoms with Gasteiger partial charge in [-0.25, -0.2) is 4.98 Å². The molecular formula is C22H21N3OS. The third-order valence-corrected chi connectivity index (χ3v) is 6.07. The molecule has 136 valence electrons. The van der Waals surface area contributed by atoms with E-state index in [-0.39, 0.29) is 6.04 Å². The fourth-order valence-electron chi connectivity index (χ4n) is 4.39. The molecule has 2 aliphatic rings. The van der Waals surface area contributed by atoms with E-state index >= 15 is 0 Å². The zero-order valence-electron chi connectivity index (χ0n) is 15.3. The number of aromatic nitrogens is 2. The van der Waals surface area contributed by atoms with Gasteiger partial charge in [0.05, 0.1) is 24.5 Å². The van der Waals surface area contributed by atoms with Crippen molar-refractivity contribution in [3.8, 4) is 5.75 Å². The summed E-state index contributed by atoms with van der Waals surface area (Å²) >= 11 is 5.59. The number of ether oxygens (including phenoxy) is 1. The van der Waals surface area contributed by atoms with Crippen LogP contribution < -0.4 is 9.64 Å². The van der Waals surface area contributed by atoms with Crippen molar-refractivity contribution in [3.05, 3.63) is 77.4 Å². The topological polar surface area (TPSA) is 30.3 Å². The van der Waals surface area contributed by atoms with Crippen LogP contribution in [-0.4, -0.2) is 28.2 Å². The van der Waals surface area contributed by atoms with Crippen LogP contribution >= 0.6 is 12.2 Å². The molecule has 0 amide bonds. The molecule has 0 saturated carbocycles. The summed E-state index contributed by atoms with van der Waals surface area (Å²) in [5, 5.41) is 0. The zero-order valence-corrected chi connectivity index (χ0v) is 16.1. The standard InChI is InChI=1S/C22H21N3OS/c1-26-19-5-2-15(3-6-19)21(24-11-9-23-14-24)18-12-16-4-7-20(27)25-10-8-17(13-18)22(16)25/h2-3,5-6,9,11-14,21H,4,7-8,10H2,1H3. The molecule has 5 rings (SSSR count). The molecule has 27 heavy (non-hydrogen) atoms. The van der Waals surface area contributed by atoms with Gasteiger partial charge in [0.25, 0.3) is 0 Å². The second kappa shape index (κ2) is 6.50. The maximum absolute atomic E-state index is 5.59. The average Bonchev–Trinajstić information content (AvgIpc) is 3.37. The Hall–Kier alpha value is -2.66. The molecule has 2 aromatic carbocycles. The minimum atomic E-state index is 0.0999. The molecule has 0 radical (unpaired) electrons. The van der Waals surface area contributed by atoms with Gasteiger partial charge in [0.15, 0.2) is 0 Å². The van der Waals surface area contributed by atoms with E-state index in [0.29, 0.717) is 0 Å². The highest BCUT2D eigenvalue weighted by Crippen LogP contribution is 2.40. The fourth-order valence-corrected chi connectivity index (χ4v) is 4.67. The Morgan fingerprint density at radius 1 is 1.04 bits per heavy atom. The van der Waals surface area contributed by atoms with Crippen LogP contribution in [0.5, 0.6) is 5.75 Å². The lowest BCUT2D eigenvalue weighted by Gasteiger charge is -2.29. The number of hydrogen-bond donors (Lipinski definition) is 0. The molecular weight excluding hydrogens is 354 g/mol. The Morgan fingerprint density at radius 3 is 2.52 bits per heavy atom. The number of imidazole rings is 1. The van der Waals surface area contributed by atoms with Gasteiger partial charge in [-0.05, 0) is 47.2 Å². The molecule has 5 heteroatoms. The molecule has 0 bridgehead atoms. The van der Waals surface area contributed by atoms with Crippen molar-refractivity contribution in [2.45, 2.75) is 25.3 Å². The van der Waals surface area contributed by atoms with Crippen molar-refractivity contribution < 1.29 is 4.74 Å². The summed E-state index contributed by atoms with van der Waals surface area (Å²) in [6.45, 7) is 1.02. The Bertz CT molecular complexity index is 995. The molecule has 0 spiro atoms. The van der Waals surface area contributed by atoms with E-state index in [0.717, 1.165) is 36.5 Å². The summed E-state index contributed by atoms with van der Waals surface area (Å²) in [6.07, 6.45) is 8.85. The normalized spacial score (nSPS) is 16.3. The lowest BCUT2D eigenvalue weighted by Crippen LogP contribution is -2.31. The number of thiocarbonyl (C=S) groups is 1. The lowest BCUT2D eigenvalue weighted by molar-refractivity contribution is 0.414. The number of nitrogens with zero attached hydrogens (tertiary/aromatic N) is 3. The second-order valence-corrected chi connectivity index (χ2v) is 7.64. The fraction of sp³-hybridized carbons (Fsp3) is 0.273. The molecule has 0 N–H and O–H groups in total. The van der Waals surface area contributed by atoms with Crippen molar-refractivity contribution in [1.29, 1.82) is 0 Å². The van der Waals surface area contributed by atoms with E-state index in [2.05, 4.69) is 38.7 Å². The first-order chi connectivity index (χ1) is 13.2. The first-order valence-electron chi connectivity index (χ1n) is 9.32. The summed E-state index contributed by atoms with van der Waals surface area (Å²) in [5.74, 6) is 0.872. The molecule has 3 heterocycles. The summed E-state index contributed by atoms with van der Waals surface area (Å²) in [5.41, 5.74) is 6.74. The maximum atomic E-state index is 5.59. The predicted molar refractivity (Wildman–Crippen MR) is 111 cm³/mol. The van der Waals surface area contributed by atoms with E-state index in [1.165, 1.54) is 27.9 Å². The number of aryl methyl sites for hydroxylation is 1. The largest absolute Gasteiger partial charge is 0.497 e. The van der Waals surface area contributed by atoms with Crippen LogP contribution in [0, 0.1) is 0 Å². The van der Waals surface area contributed by atoms with E-state index < -0.39 is 0 Å². The van der Waals surface area contributed by atoms with Crippen molar-refractivity contribution in [2.75, 3.05) is 18.6 Å². The highest BCUT2D eigenvalue weighted by atomic mass is 32.1. The van der Waals surface area contributed by atoms with Crippen molar-refractivity contribution >= 4 is 22.9 Å². The van der Waals surface area contributed by atoms with E-state index in [1.54, 1.807) is 7.11 Å². The van der Waals surface area contributed by atoms with Crippen molar-refractivity contribution in [3.63, 3.8) is 0 Å². The van der Waals surface area contributed by atoms with Crippen LogP contribution in [0.4, 0.5) is 5.69 Å². The van der Waals surface area contributed by atoms with Gasteiger partial charge < -0.3 is 14.2 Å². The predicted octanol–water partition coefficient (Wildman–Crippen LogP) is 4.17. The van der Waals surface area contributed by atoms with Gasteiger partial charge in [-0.3, -0.25) is 0 Å². The van der Waals surface area contributed by atoms with Gasteiger partial charge in [0.2, 0.25) is 0 Å². The highest BCUT2D eigenvalue weighted by molar-refractivity contribution is 7.80. The van der Waals surface area contributed by atoms with Crippen molar-refractivity contribution in [1.82, 2.24) is 9.55 Å². The van der Waals surface area contributed by atoms with Crippen LogP contribution in [0.15, 0.2) is 55.1 Å². The summed E-state index contributed by atoms with van der Waals surface area (Å²) in [6, 6.07) is 13.2. The van der Waals surface area contributed by atoms with Crippen LogP contribution in [-0.2, 0) is 12.8 Å². The van der Waals surface area contributed by atoms with Crippen LogP contribution in [0.2, 0.25) is 0 Å². The molecule has 0 aliphatic carbocycles. The molecule has 4 nitrogen and oxygen atoms in total. The summed E-state index contributed by atoms with van der Waals surface area (Å²) in [7, 11) is 1.70. The van der Waals surface area contributed by atoms with Crippen LogP contribution in [0.1, 0.15) is 34.7 Å². The molecule has 3 aromatic rings. The number of methoxy groups -OCH3 is 1. The monoisotopic (exact) mass is 375 g/mol. The Kier molecular flexibility index (Phi) is 3.97. The average molecular weight is 375 g/mol. The lowest BCUT2D eigenvalue weighted by atomic mass is 9.91. The minimum absolute atomic E-state index is 0.0999. The van der Waals surface area contributed by atoms with Gasteiger partial charge in [-0.2, -0.15) is 0 Å². The summed E-state index contributed by atoms with van der Waals surface area (Å²) < 4.78 is 7.51. The van der Waals surface area contributed by atoms with Crippen LogP contribution in [0.25, 0.3) is 0 Å². The third-order valence-electron chi connectivity index (χ3n) is 5.64. The second-order valence-electron chi connectivity index (χ2n) is 7.17. The van der Waals surface area contributed by atoms with Gasteiger partial charge in [-0.1, -0.05) is 36.5 Å². The first kappa shape index (κ1) is 16.5. The van der Waals surface area contributed by atoms with Gasteiger partial charge >= 0.3 is 0 Å². The molecule has 2 aliphatic heterocycles. The van der Waals surface area contributed by atoms with E-state index in [4.69, 9.17) is 17.0 Å². The molecule has 0 fully saturated rings. The maximum Gasteiger partial charge on any atom is 0.118 e. The SMILES string of the molecule is COc1ccc(C(c2cc3c4c(c2)CCN4C(=S)CC3)n2ccnc2)cc1. The van der Waals surface area contributed by atoms with Gasteiger partial charge in [-0.15, -0.1) is 0 Å². The summed E-state index contributed by atoms with van der Waals surface area (Å²) in [4.78, 5) is 7.72. The Balaban J connectivity index is 1.64. The highest BCUT2D eigenvalue weighted by Gasteiger charge is 2.30. The van der Waals surface area contributed by atoms with Gasteiger partial charge in [0.1, 0.15) is 5.75 Å². The van der Waals surface area contributed by atoms with E-state index in [9.17, 15) is 0 Å². The molecule has 1 atom stereocenters. The van der Waals surface area contributed by atoms with Crippen molar-refractivity contribution in [2.24, 2.45) is 0 Å². The van der Waals surface area contributed by atoms with E-state index in [1.807, 2.05) is 30.9 Å². The minimum Gasteiger partial charge on any atom is -0.497 e. The third kappa shape index (κ3) is 2.73. The molecule has 0 saturated heterocycles. The number of anilines is 1. The Morgan fingerprint density at radius 2 is 1.81 bits per heavy atom.